The molecule has 4 heteroatoms. The zero-order valence-electron chi connectivity index (χ0n) is 9.29. The summed E-state index contributed by atoms with van der Waals surface area (Å²) in [6, 6.07) is 3.87. The molecule has 1 aliphatic heterocycles. The maximum atomic E-state index is 13.6. The highest BCUT2D eigenvalue weighted by atomic mass is 19.1. The van der Waals surface area contributed by atoms with Crippen LogP contribution < -0.4 is 5.73 Å². The van der Waals surface area contributed by atoms with Gasteiger partial charge in [-0.3, -0.25) is 4.90 Å². The first-order valence-electron chi connectivity index (χ1n) is 5.52. The Labute approximate surface area is 94.0 Å². The van der Waals surface area contributed by atoms with Gasteiger partial charge >= 0.3 is 0 Å². The standard InChI is InChI=1S/C12H16F2N2/c1-8(16-5-4-10(15)7-16)11-3-2-9(13)6-12(11)14/h2-3,6,8,10H,4-5,7,15H2,1H3. The van der Waals surface area contributed by atoms with Gasteiger partial charge in [-0.05, 0) is 19.4 Å². The van der Waals surface area contributed by atoms with E-state index in [0.717, 1.165) is 25.6 Å². The third-order valence-corrected chi connectivity index (χ3v) is 3.22. The molecule has 0 radical (unpaired) electrons. The van der Waals surface area contributed by atoms with Gasteiger partial charge in [0.2, 0.25) is 0 Å². The normalized spacial score (nSPS) is 23.6. The molecule has 0 spiro atoms. The number of benzene rings is 1. The third-order valence-electron chi connectivity index (χ3n) is 3.22. The second-order valence-electron chi connectivity index (χ2n) is 4.39. The van der Waals surface area contributed by atoms with E-state index in [1.54, 1.807) is 0 Å². The Bertz CT molecular complexity index is 381. The van der Waals surface area contributed by atoms with E-state index in [-0.39, 0.29) is 12.1 Å². The fourth-order valence-electron chi connectivity index (χ4n) is 2.20. The van der Waals surface area contributed by atoms with Crippen LogP contribution in [0.25, 0.3) is 0 Å². The van der Waals surface area contributed by atoms with Gasteiger partial charge in [-0.15, -0.1) is 0 Å². The van der Waals surface area contributed by atoms with Crippen LogP contribution in [0.4, 0.5) is 8.78 Å². The maximum Gasteiger partial charge on any atom is 0.130 e. The highest BCUT2D eigenvalue weighted by molar-refractivity contribution is 5.22. The number of rotatable bonds is 2. The molecule has 0 aromatic heterocycles. The minimum absolute atomic E-state index is 0.0471. The maximum absolute atomic E-state index is 13.6. The molecule has 1 aromatic rings. The zero-order valence-corrected chi connectivity index (χ0v) is 9.29. The van der Waals surface area contributed by atoms with Gasteiger partial charge in [0.1, 0.15) is 11.6 Å². The molecule has 1 heterocycles. The molecule has 2 nitrogen and oxygen atoms in total. The molecule has 1 saturated heterocycles. The third kappa shape index (κ3) is 2.23. The van der Waals surface area contributed by atoms with Gasteiger partial charge in [0, 0.05) is 36.8 Å². The lowest BCUT2D eigenvalue weighted by Crippen LogP contribution is -2.29. The largest absolute Gasteiger partial charge is 0.326 e. The first kappa shape index (κ1) is 11.5. The number of nitrogens with zero attached hydrogens (tertiary/aromatic N) is 1. The number of halogens is 2. The first-order chi connectivity index (χ1) is 7.58. The van der Waals surface area contributed by atoms with Gasteiger partial charge in [0.15, 0.2) is 0 Å². The molecule has 2 unspecified atom stereocenters. The van der Waals surface area contributed by atoms with Crippen LogP contribution in [0.15, 0.2) is 18.2 Å². The summed E-state index contributed by atoms with van der Waals surface area (Å²) < 4.78 is 26.3. The van der Waals surface area contributed by atoms with E-state index in [1.165, 1.54) is 12.1 Å². The second-order valence-corrected chi connectivity index (χ2v) is 4.39. The molecule has 0 aliphatic carbocycles. The second kappa shape index (κ2) is 4.47. The molecule has 16 heavy (non-hydrogen) atoms. The van der Waals surface area contributed by atoms with Crippen LogP contribution in [-0.4, -0.2) is 24.0 Å². The van der Waals surface area contributed by atoms with E-state index in [0.29, 0.717) is 5.56 Å². The minimum atomic E-state index is -0.536. The van der Waals surface area contributed by atoms with Crippen LogP contribution in [0.2, 0.25) is 0 Å². The summed E-state index contributed by atoms with van der Waals surface area (Å²) in [5.41, 5.74) is 6.35. The van der Waals surface area contributed by atoms with Crippen molar-refractivity contribution in [2.75, 3.05) is 13.1 Å². The van der Waals surface area contributed by atoms with Crippen LogP contribution in [0.5, 0.6) is 0 Å². The van der Waals surface area contributed by atoms with E-state index in [9.17, 15) is 8.78 Å². The smallest absolute Gasteiger partial charge is 0.130 e. The van der Waals surface area contributed by atoms with Crippen molar-refractivity contribution in [2.45, 2.75) is 25.4 Å². The number of likely N-dealkylation sites (tertiary alicyclic amines) is 1. The fraction of sp³-hybridized carbons (Fsp3) is 0.500. The average Bonchev–Trinajstić information content (AvgIpc) is 2.64. The van der Waals surface area contributed by atoms with Crippen LogP contribution >= 0.6 is 0 Å². The molecule has 1 aromatic carbocycles. The molecule has 88 valence electrons. The van der Waals surface area contributed by atoms with Crippen molar-refractivity contribution in [1.82, 2.24) is 4.90 Å². The number of hydrogen-bond donors (Lipinski definition) is 1. The number of hydrogen-bond acceptors (Lipinski definition) is 2. The predicted octanol–water partition coefficient (Wildman–Crippen LogP) is 2.06. The summed E-state index contributed by atoms with van der Waals surface area (Å²) in [7, 11) is 0. The van der Waals surface area contributed by atoms with Gasteiger partial charge in [0.05, 0.1) is 0 Å². The van der Waals surface area contributed by atoms with Crippen LogP contribution in [0, 0.1) is 11.6 Å². The lowest BCUT2D eigenvalue weighted by atomic mass is 10.1. The van der Waals surface area contributed by atoms with E-state index >= 15 is 0 Å². The minimum Gasteiger partial charge on any atom is -0.326 e. The van der Waals surface area contributed by atoms with Crippen molar-refractivity contribution in [3.63, 3.8) is 0 Å². The van der Waals surface area contributed by atoms with Crippen molar-refractivity contribution in [1.29, 1.82) is 0 Å². The topological polar surface area (TPSA) is 29.3 Å². The first-order valence-corrected chi connectivity index (χ1v) is 5.52. The Balaban J connectivity index is 2.17. The molecule has 1 fully saturated rings. The van der Waals surface area contributed by atoms with Crippen molar-refractivity contribution >= 4 is 0 Å². The Morgan fingerprint density at radius 1 is 1.44 bits per heavy atom. The summed E-state index contributed by atoms with van der Waals surface area (Å²) in [4.78, 5) is 2.13. The molecular weight excluding hydrogens is 210 g/mol. The molecule has 2 atom stereocenters. The van der Waals surface area contributed by atoms with Crippen molar-refractivity contribution in [3.05, 3.63) is 35.4 Å². The summed E-state index contributed by atoms with van der Waals surface area (Å²) in [6.07, 6.45) is 0.938. The number of nitrogens with two attached hydrogens (primary N) is 1. The van der Waals surface area contributed by atoms with Crippen LogP contribution in [0.1, 0.15) is 24.9 Å². The van der Waals surface area contributed by atoms with Gasteiger partial charge in [-0.2, -0.15) is 0 Å². The molecule has 0 bridgehead atoms. The summed E-state index contributed by atoms with van der Waals surface area (Å²) in [5, 5.41) is 0. The molecule has 2 N–H and O–H groups in total. The summed E-state index contributed by atoms with van der Waals surface area (Å²) in [6.45, 7) is 3.57. The molecule has 2 rings (SSSR count). The van der Waals surface area contributed by atoms with E-state index in [4.69, 9.17) is 5.73 Å². The Hall–Kier alpha value is -1.00. The highest BCUT2D eigenvalue weighted by Gasteiger charge is 2.25. The van der Waals surface area contributed by atoms with Crippen LogP contribution in [-0.2, 0) is 0 Å². The van der Waals surface area contributed by atoms with Gasteiger partial charge in [-0.1, -0.05) is 6.07 Å². The monoisotopic (exact) mass is 226 g/mol. The van der Waals surface area contributed by atoms with Crippen LogP contribution in [0.3, 0.4) is 0 Å². The SMILES string of the molecule is CC(c1ccc(F)cc1F)N1CCC(N)C1. The van der Waals surface area contributed by atoms with Gasteiger partial charge < -0.3 is 5.73 Å². The molecular formula is C12H16F2N2. The highest BCUT2D eigenvalue weighted by Crippen LogP contribution is 2.26. The lowest BCUT2D eigenvalue weighted by Gasteiger charge is -2.24. The Morgan fingerprint density at radius 2 is 2.19 bits per heavy atom. The van der Waals surface area contributed by atoms with Gasteiger partial charge in [-0.25, -0.2) is 8.78 Å². The molecule has 1 aliphatic rings. The van der Waals surface area contributed by atoms with E-state index < -0.39 is 11.6 Å². The predicted molar refractivity (Wildman–Crippen MR) is 58.9 cm³/mol. The van der Waals surface area contributed by atoms with Crippen molar-refractivity contribution in [2.24, 2.45) is 5.73 Å². The quantitative estimate of drug-likeness (QED) is 0.836. The average molecular weight is 226 g/mol. The molecule has 0 amide bonds. The van der Waals surface area contributed by atoms with Gasteiger partial charge in [0.25, 0.3) is 0 Å². The summed E-state index contributed by atoms with van der Waals surface area (Å²) in [5.74, 6) is -1.01. The zero-order chi connectivity index (χ0) is 11.7. The lowest BCUT2D eigenvalue weighted by molar-refractivity contribution is 0.254. The Morgan fingerprint density at radius 3 is 2.75 bits per heavy atom. The van der Waals surface area contributed by atoms with Crippen molar-refractivity contribution < 1.29 is 8.78 Å². The van der Waals surface area contributed by atoms with Crippen molar-refractivity contribution in [3.8, 4) is 0 Å². The Kier molecular flexibility index (Phi) is 3.21. The van der Waals surface area contributed by atoms with E-state index in [1.807, 2.05) is 6.92 Å². The summed E-state index contributed by atoms with van der Waals surface area (Å²) >= 11 is 0. The fourth-order valence-corrected chi connectivity index (χ4v) is 2.20. The molecule has 0 saturated carbocycles. The van der Waals surface area contributed by atoms with E-state index in [2.05, 4.69) is 4.90 Å².